The van der Waals surface area contributed by atoms with Crippen LogP contribution < -0.4 is 9.47 Å². The Kier molecular flexibility index (Phi) is 5.07. The minimum absolute atomic E-state index is 0.0585. The molecule has 0 radical (unpaired) electrons. The lowest BCUT2D eigenvalue weighted by Crippen LogP contribution is -2.49. The Labute approximate surface area is 154 Å². The highest BCUT2D eigenvalue weighted by molar-refractivity contribution is 5.77. The average molecular weight is 352 g/mol. The molecule has 0 unspecified atom stereocenters. The van der Waals surface area contributed by atoms with Crippen LogP contribution in [0, 0.1) is 0 Å². The van der Waals surface area contributed by atoms with Gasteiger partial charge in [-0.05, 0) is 29.3 Å². The second-order valence-electron chi connectivity index (χ2n) is 6.80. The van der Waals surface area contributed by atoms with Crippen molar-refractivity contribution in [3.8, 4) is 11.5 Å². The normalized spacial score (nSPS) is 16.8. The van der Waals surface area contributed by atoms with Crippen molar-refractivity contribution in [2.75, 3.05) is 39.4 Å². The third-order valence-electron chi connectivity index (χ3n) is 4.99. The molecule has 2 aliphatic heterocycles. The average Bonchev–Trinajstić information content (AvgIpc) is 3.15. The first-order valence-electron chi connectivity index (χ1n) is 9.20. The molecule has 2 heterocycles. The maximum atomic E-state index is 12.3. The molecule has 5 nitrogen and oxygen atoms in total. The van der Waals surface area contributed by atoms with Crippen molar-refractivity contribution >= 4 is 5.91 Å². The van der Waals surface area contributed by atoms with Gasteiger partial charge in [-0.1, -0.05) is 30.3 Å². The summed E-state index contributed by atoms with van der Waals surface area (Å²) >= 11 is 0. The molecule has 1 amide bonds. The molecule has 0 spiro atoms. The number of hydrogen-bond donors (Lipinski definition) is 0. The number of carbonyl (C=O) groups excluding carboxylic acids is 1. The summed E-state index contributed by atoms with van der Waals surface area (Å²) in [7, 11) is 0. The van der Waals surface area contributed by atoms with Crippen molar-refractivity contribution in [3.05, 3.63) is 59.7 Å². The zero-order valence-corrected chi connectivity index (χ0v) is 14.9. The van der Waals surface area contributed by atoms with Gasteiger partial charge in [-0.25, -0.2) is 0 Å². The molecule has 0 aliphatic carbocycles. The van der Waals surface area contributed by atoms with Crippen LogP contribution in [0.1, 0.15) is 11.1 Å². The maximum absolute atomic E-state index is 12.3. The van der Waals surface area contributed by atoms with Gasteiger partial charge in [-0.2, -0.15) is 0 Å². The SMILES string of the molecule is O=C(COc1ccccc1)N1CCN(Cc2ccc3c(c2)CCO3)CC1. The molecule has 1 saturated heterocycles. The zero-order valence-electron chi connectivity index (χ0n) is 14.9. The first-order valence-corrected chi connectivity index (χ1v) is 9.20. The summed E-state index contributed by atoms with van der Waals surface area (Å²) in [5.74, 6) is 1.82. The van der Waals surface area contributed by atoms with E-state index in [2.05, 4.69) is 23.1 Å². The topological polar surface area (TPSA) is 42.0 Å². The highest BCUT2D eigenvalue weighted by Gasteiger charge is 2.22. The fraction of sp³-hybridized carbons (Fsp3) is 0.381. The highest BCUT2D eigenvalue weighted by Crippen LogP contribution is 2.26. The predicted octanol–water partition coefficient (Wildman–Crippen LogP) is 2.34. The number of ether oxygens (including phenoxy) is 2. The number of amides is 1. The predicted molar refractivity (Wildman–Crippen MR) is 99.4 cm³/mol. The summed E-state index contributed by atoms with van der Waals surface area (Å²) < 4.78 is 11.1. The fourth-order valence-corrected chi connectivity index (χ4v) is 3.50. The van der Waals surface area contributed by atoms with Crippen molar-refractivity contribution in [1.29, 1.82) is 0 Å². The van der Waals surface area contributed by atoms with E-state index in [4.69, 9.17) is 9.47 Å². The summed E-state index contributed by atoms with van der Waals surface area (Å²) in [6.07, 6.45) is 1.01. The third kappa shape index (κ3) is 3.99. The van der Waals surface area contributed by atoms with Crippen LogP contribution in [0.15, 0.2) is 48.5 Å². The van der Waals surface area contributed by atoms with Crippen molar-refractivity contribution in [1.82, 2.24) is 9.80 Å². The lowest BCUT2D eigenvalue weighted by atomic mass is 10.1. The quantitative estimate of drug-likeness (QED) is 0.828. The molecule has 0 N–H and O–H groups in total. The molecule has 1 fully saturated rings. The molecule has 5 heteroatoms. The maximum Gasteiger partial charge on any atom is 0.260 e. The number of rotatable bonds is 5. The number of nitrogens with zero attached hydrogens (tertiary/aromatic N) is 2. The number of piperazine rings is 1. The fourth-order valence-electron chi connectivity index (χ4n) is 3.50. The summed E-state index contributed by atoms with van der Waals surface area (Å²) in [4.78, 5) is 16.6. The van der Waals surface area contributed by atoms with Crippen molar-refractivity contribution in [2.24, 2.45) is 0 Å². The van der Waals surface area contributed by atoms with E-state index in [-0.39, 0.29) is 12.5 Å². The Morgan fingerprint density at radius 3 is 2.65 bits per heavy atom. The number of carbonyl (C=O) groups is 1. The Balaban J connectivity index is 1.24. The molecule has 136 valence electrons. The Bertz CT molecular complexity index is 755. The van der Waals surface area contributed by atoms with Crippen LogP contribution in [0.5, 0.6) is 11.5 Å². The van der Waals surface area contributed by atoms with E-state index in [1.807, 2.05) is 35.2 Å². The molecule has 2 aromatic rings. The van der Waals surface area contributed by atoms with Gasteiger partial charge < -0.3 is 14.4 Å². The van der Waals surface area contributed by atoms with Gasteiger partial charge in [0.15, 0.2) is 6.61 Å². The van der Waals surface area contributed by atoms with E-state index in [1.54, 1.807) is 0 Å². The molecule has 26 heavy (non-hydrogen) atoms. The van der Waals surface area contributed by atoms with E-state index in [1.165, 1.54) is 11.1 Å². The van der Waals surface area contributed by atoms with Crippen LogP contribution in [0.25, 0.3) is 0 Å². The highest BCUT2D eigenvalue weighted by atomic mass is 16.5. The van der Waals surface area contributed by atoms with Gasteiger partial charge >= 0.3 is 0 Å². The van der Waals surface area contributed by atoms with Crippen molar-refractivity contribution < 1.29 is 14.3 Å². The van der Waals surface area contributed by atoms with Gasteiger partial charge in [0, 0.05) is 39.1 Å². The van der Waals surface area contributed by atoms with Crippen LogP contribution in [0.2, 0.25) is 0 Å². The van der Waals surface area contributed by atoms with Crippen LogP contribution in [-0.2, 0) is 17.8 Å². The number of benzene rings is 2. The van der Waals surface area contributed by atoms with E-state index in [9.17, 15) is 4.79 Å². The third-order valence-corrected chi connectivity index (χ3v) is 4.99. The van der Waals surface area contributed by atoms with Gasteiger partial charge in [0.2, 0.25) is 0 Å². The van der Waals surface area contributed by atoms with E-state index >= 15 is 0 Å². The molecule has 0 atom stereocenters. The van der Waals surface area contributed by atoms with E-state index in [0.717, 1.165) is 57.3 Å². The molecule has 0 aromatic heterocycles. The van der Waals surface area contributed by atoms with E-state index in [0.29, 0.717) is 0 Å². The van der Waals surface area contributed by atoms with Crippen LogP contribution in [0.4, 0.5) is 0 Å². The van der Waals surface area contributed by atoms with Gasteiger partial charge in [0.25, 0.3) is 5.91 Å². The summed E-state index contributed by atoms with van der Waals surface area (Å²) in [6.45, 7) is 5.13. The summed E-state index contributed by atoms with van der Waals surface area (Å²) in [6, 6.07) is 16.0. The monoisotopic (exact) mass is 352 g/mol. The smallest absolute Gasteiger partial charge is 0.260 e. The Morgan fingerprint density at radius 2 is 1.85 bits per heavy atom. The molecular weight excluding hydrogens is 328 g/mol. The number of hydrogen-bond acceptors (Lipinski definition) is 4. The van der Waals surface area contributed by atoms with Gasteiger partial charge in [0.05, 0.1) is 6.61 Å². The number of para-hydroxylation sites is 1. The Morgan fingerprint density at radius 1 is 1.04 bits per heavy atom. The minimum Gasteiger partial charge on any atom is -0.493 e. The van der Waals surface area contributed by atoms with Crippen molar-refractivity contribution in [2.45, 2.75) is 13.0 Å². The molecule has 0 saturated carbocycles. The molecular formula is C21H24N2O3. The standard InChI is InChI=1S/C21H24N2O3/c24-21(16-26-19-4-2-1-3-5-19)23-11-9-22(10-12-23)15-17-6-7-20-18(14-17)8-13-25-20/h1-7,14H,8-13,15-16H2. The minimum atomic E-state index is 0.0585. The molecule has 0 bridgehead atoms. The first-order chi connectivity index (χ1) is 12.8. The van der Waals surface area contributed by atoms with Gasteiger partial charge in [-0.3, -0.25) is 9.69 Å². The first kappa shape index (κ1) is 16.9. The van der Waals surface area contributed by atoms with Gasteiger partial charge in [-0.15, -0.1) is 0 Å². The van der Waals surface area contributed by atoms with Crippen molar-refractivity contribution in [3.63, 3.8) is 0 Å². The second-order valence-corrected chi connectivity index (χ2v) is 6.80. The Hall–Kier alpha value is -2.53. The molecule has 2 aliphatic rings. The van der Waals surface area contributed by atoms with Gasteiger partial charge in [0.1, 0.15) is 11.5 Å². The summed E-state index contributed by atoms with van der Waals surface area (Å²) in [5.41, 5.74) is 2.64. The van der Waals surface area contributed by atoms with Crippen LogP contribution in [-0.4, -0.2) is 55.1 Å². The molecule has 4 rings (SSSR count). The summed E-state index contributed by atoms with van der Waals surface area (Å²) in [5, 5.41) is 0. The largest absolute Gasteiger partial charge is 0.493 e. The second kappa shape index (κ2) is 7.79. The number of fused-ring (bicyclic) bond motifs is 1. The van der Waals surface area contributed by atoms with Crippen LogP contribution in [0.3, 0.4) is 0 Å². The van der Waals surface area contributed by atoms with E-state index < -0.39 is 0 Å². The molecule has 2 aromatic carbocycles. The van der Waals surface area contributed by atoms with Crippen LogP contribution >= 0.6 is 0 Å². The lowest BCUT2D eigenvalue weighted by Gasteiger charge is -2.34. The zero-order chi connectivity index (χ0) is 17.8. The lowest BCUT2D eigenvalue weighted by molar-refractivity contribution is -0.135.